The lowest BCUT2D eigenvalue weighted by Gasteiger charge is -2.12. The van der Waals surface area contributed by atoms with Crippen LogP contribution in [0.5, 0.6) is 5.75 Å². The van der Waals surface area contributed by atoms with Gasteiger partial charge in [0, 0.05) is 16.7 Å². The van der Waals surface area contributed by atoms with Gasteiger partial charge in [-0.1, -0.05) is 23.7 Å². The van der Waals surface area contributed by atoms with Gasteiger partial charge in [0.2, 0.25) is 5.75 Å². The van der Waals surface area contributed by atoms with Gasteiger partial charge in [-0.05, 0) is 32.0 Å². The summed E-state index contributed by atoms with van der Waals surface area (Å²) in [6.45, 7) is 3.41. The number of nitrogens with one attached hydrogen (secondary N) is 1. The molecular weight excluding hydrogens is 388 g/mol. The molecule has 0 aliphatic carbocycles. The third kappa shape index (κ3) is 3.79. The van der Waals surface area contributed by atoms with Crippen LogP contribution in [0.3, 0.4) is 0 Å². The molecule has 9 nitrogen and oxygen atoms in total. The molecule has 0 bridgehead atoms. The number of H-pyrrole nitrogens is 1. The van der Waals surface area contributed by atoms with Crippen LogP contribution in [0.25, 0.3) is 10.9 Å². The van der Waals surface area contributed by atoms with Gasteiger partial charge in [0.25, 0.3) is 5.56 Å². The molecule has 0 unspecified atom stereocenters. The van der Waals surface area contributed by atoms with Crippen molar-refractivity contribution < 1.29 is 9.66 Å². The highest BCUT2D eigenvalue weighted by Crippen LogP contribution is 2.34. The molecule has 1 N–H and O–H groups in total. The summed E-state index contributed by atoms with van der Waals surface area (Å²) >= 11 is 5.97. The van der Waals surface area contributed by atoms with E-state index in [9.17, 15) is 19.7 Å². The third-order valence-electron chi connectivity index (χ3n) is 3.71. The molecule has 10 heteroatoms. The van der Waals surface area contributed by atoms with E-state index in [0.29, 0.717) is 10.2 Å². The molecule has 0 atom stereocenters. The van der Waals surface area contributed by atoms with Gasteiger partial charge in [0.05, 0.1) is 28.1 Å². The number of ether oxygens (including phenoxy) is 1. The number of benzene rings is 2. The highest BCUT2D eigenvalue weighted by Gasteiger charge is 2.21. The zero-order chi connectivity index (χ0) is 20.4. The molecule has 0 saturated carbocycles. The number of halogens is 1. The smallest absolute Gasteiger partial charge is 0.349 e. The number of rotatable bonds is 5. The van der Waals surface area contributed by atoms with Gasteiger partial charge in [-0.15, -0.1) is 4.68 Å². The average molecular weight is 403 g/mol. The molecule has 3 aromatic rings. The maximum atomic E-state index is 12.5. The predicted octanol–water partition coefficient (Wildman–Crippen LogP) is 2.92. The summed E-state index contributed by atoms with van der Waals surface area (Å²) in [6.07, 6.45) is 0.765. The summed E-state index contributed by atoms with van der Waals surface area (Å²) in [5.74, 6) is -0.0570. The van der Waals surface area contributed by atoms with E-state index in [-0.39, 0.29) is 33.5 Å². The minimum atomic E-state index is -0.747. The zero-order valence-corrected chi connectivity index (χ0v) is 15.6. The van der Waals surface area contributed by atoms with Crippen LogP contribution < -0.4 is 16.0 Å². The molecule has 1 aromatic heterocycles. The number of nitrogens with zero attached hydrogens (tertiary/aromatic N) is 3. The Balaban J connectivity index is 2.18. The minimum absolute atomic E-state index is 0.0570. The number of para-hydroxylation sites is 1. The highest BCUT2D eigenvalue weighted by atomic mass is 35.5. The monoisotopic (exact) mass is 402 g/mol. The van der Waals surface area contributed by atoms with E-state index >= 15 is 0 Å². The van der Waals surface area contributed by atoms with Crippen LogP contribution in [0.1, 0.15) is 19.4 Å². The Hall–Kier alpha value is -3.46. The van der Waals surface area contributed by atoms with Crippen molar-refractivity contribution in [2.75, 3.05) is 0 Å². The number of hydrogen-bond acceptors (Lipinski definition) is 6. The second-order valence-electron chi connectivity index (χ2n) is 6.10. The first-order valence-corrected chi connectivity index (χ1v) is 8.58. The summed E-state index contributed by atoms with van der Waals surface area (Å²) in [4.78, 5) is 38.0. The number of aromatic nitrogens is 2. The van der Waals surface area contributed by atoms with Crippen LogP contribution in [-0.2, 0) is 0 Å². The first-order valence-electron chi connectivity index (χ1n) is 8.21. The minimum Gasteiger partial charge on any atom is -0.484 e. The van der Waals surface area contributed by atoms with Crippen molar-refractivity contribution in [2.24, 2.45) is 5.10 Å². The normalized spacial score (nSPS) is 11.4. The topological polar surface area (TPSA) is 120 Å². The molecule has 144 valence electrons. The molecule has 0 aliphatic rings. The number of nitro groups is 1. The first-order chi connectivity index (χ1) is 13.3. The molecule has 0 spiro atoms. The maximum Gasteiger partial charge on any atom is 0.349 e. The fraction of sp³-hybridized carbons (Fsp3) is 0.167. The Morgan fingerprint density at radius 3 is 2.68 bits per heavy atom. The Morgan fingerprint density at radius 1 is 1.29 bits per heavy atom. The Bertz CT molecular complexity index is 1210. The van der Waals surface area contributed by atoms with E-state index < -0.39 is 16.2 Å². The highest BCUT2D eigenvalue weighted by molar-refractivity contribution is 6.31. The van der Waals surface area contributed by atoms with Crippen molar-refractivity contribution in [3.05, 3.63) is 77.9 Å². The predicted molar refractivity (Wildman–Crippen MR) is 106 cm³/mol. The fourth-order valence-electron chi connectivity index (χ4n) is 2.57. The molecule has 0 fully saturated rings. The van der Waals surface area contributed by atoms with Gasteiger partial charge in [-0.2, -0.15) is 5.10 Å². The van der Waals surface area contributed by atoms with Crippen molar-refractivity contribution in [3.63, 3.8) is 0 Å². The van der Waals surface area contributed by atoms with Gasteiger partial charge in [0.1, 0.15) is 0 Å². The number of hydrogen-bond donors (Lipinski definition) is 1. The molecular formula is C18H15ClN4O5. The molecule has 0 saturated heterocycles. The van der Waals surface area contributed by atoms with Gasteiger partial charge in [0.15, 0.2) is 0 Å². The maximum absolute atomic E-state index is 12.5. The lowest BCUT2D eigenvalue weighted by Crippen LogP contribution is -2.32. The third-order valence-corrected chi connectivity index (χ3v) is 3.93. The van der Waals surface area contributed by atoms with Crippen LogP contribution >= 0.6 is 11.6 Å². The Morgan fingerprint density at radius 2 is 2.00 bits per heavy atom. The van der Waals surface area contributed by atoms with Gasteiger partial charge in [-0.25, -0.2) is 4.79 Å². The van der Waals surface area contributed by atoms with Crippen LogP contribution in [0.4, 0.5) is 5.69 Å². The number of nitro benzene ring substituents is 1. The van der Waals surface area contributed by atoms with Crippen molar-refractivity contribution in [3.8, 4) is 5.75 Å². The largest absolute Gasteiger partial charge is 0.484 e. The number of fused-ring (bicyclic) bond motifs is 1. The lowest BCUT2D eigenvalue weighted by molar-refractivity contribution is -0.386. The van der Waals surface area contributed by atoms with Crippen LogP contribution in [-0.4, -0.2) is 26.9 Å². The molecule has 0 radical (unpaired) electrons. The van der Waals surface area contributed by atoms with E-state index in [4.69, 9.17) is 16.3 Å². The van der Waals surface area contributed by atoms with Crippen molar-refractivity contribution >= 4 is 34.4 Å². The van der Waals surface area contributed by atoms with E-state index in [2.05, 4.69) is 10.1 Å². The lowest BCUT2D eigenvalue weighted by atomic mass is 10.2. The molecule has 28 heavy (non-hydrogen) atoms. The van der Waals surface area contributed by atoms with Crippen LogP contribution in [0, 0.1) is 10.1 Å². The molecule has 0 aliphatic heterocycles. The summed E-state index contributed by atoms with van der Waals surface area (Å²) < 4.78 is 6.18. The van der Waals surface area contributed by atoms with Gasteiger partial charge < -0.3 is 9.72 Å². The Kier molecular flexibility index (Phi) is 5.27. The standard InChI is InChI=1S/C18H15ClN4O5/c1-10(2)28-16-11(7-12(19)8-15(16)23(26)27)9-20-22-17(24)13-5-3-4-6-14(13)21-18(22)25/h3-10H,1-2H3,(H,21,25). The molecule has 3 rings (SSSR count). The SMILES string of the molecule is CC(C)Oc1c(C=Nn2c(=O)[nH]c3ccccc3c2=O)cc(Cl)cc1[N+](=O)[O-]. The summed E-state index contributed by atoms with van der Waals surface area (Å²) in [5.41, 5.74) is -1.18. The molecule has 0 amide bonds. The number of aromatic amines is 1. The van der Waals surface area contributed by atoms with E-state index in [1.165, 1.54) is 6.07 Å². The van der Waals surface area contributed by atoms with Crippen LogP contribution in [0.15, 0.2) is 51.1 Å². The summed E-state index contributed by atoms with van der Waals surface area (Å²) in [6, 6.07) is 9.05. The van der Waals surface area contributed by atoms with E-state index in [1.807, 2.05) is 0 Å². The Labute approximate surface area is 163 Å². The average Bonchev–Trinajstić information content (AvgIpc) is 2.62. The van der Waals surface area contributed by atoms with Gasteiger partial charge >= 0.3 is 11.4 Å². The molecule has 1 heterocycles. The van der Waals surface area contributed by atoms with Crippen molar-refractivity contribution in [2.45, 2.75) is 20.0 Å². The fourth-order valence-corrected chi connectivity index (χ4v) is 2.79. The van der Waals surface area contributed by atoms with Crippen molar-refractivity contribution in [1.29, 1.82) is 0 Å². The second-order valence-corrected chi connectivity index (χ2v) is 6.54. The molecule has 2 aromatic carbocycles. The zero-order valence-electron chi connectivity index (χ0n) is 14.9. The van der Waals surface area contributed by atoms with E-state index in [0.717, 1.165) is 12.3 Å². The second kappa shape index (κ2) is 7.65. The summed E-state index contributed by atoms with van der Waals surface area (Å²) in [7, 11) is 0. The van der Waals surface area contributed by atoms with E-state index in [1.54, 1.807) is 38.1 Å². The van der Waals surface area contributed by atoms with Crippen LogP contribution in [0.2, 0.25) is 5.02 Å². The first kappa shape index (κ1) is 19.3. The summed E-state index contributed by atoms with van der Waals surface area (Å²) in [5, 5.41) is 15.6. The van der Waals surface area contributed by atoms with Crippen molar-refractivity contribution in [1.82, 2.24) is 9.66 Å². The van der Waals surface area contributed by atoms with Gasteiger partial charge in [-0.3, -0.25) is 14.9 Å². The quantitative estimate of drug-likeness (QED) is 0.399.